The van der Waals surface area contributed by atoms with Gasteiger partial charge in [0.15, 0.2) is 0 Å². The Kier molecular flexibility index (Phi) is 5.12. The molecular weight excluding hydrogens is 264 g/mol. The van der Waals surface area contributed by atoms with Gasteiger partial charge in [-0.1, -0.05) is 12.1 Å². The standard InChI is InChI=1S/C17H26N2O2/c1-14-13-19(8-10-20-14)9-11-21-17-6-2-15(3-7-17)12-18-16-4-5-16/h2-3,6-7,14,16,18H,4-5,8-13H2,1H3. The highest BCUT2D eigenvalue weighted by atomic mass is 16.5. The monoisotopic (exact) mass is 290 g/mol. The van der Waals surface area contributed by atoms with Crippen molar-refractivity contribution >= 4 is 0 Å². The van der Waals surface area contributed by atoms with E-state index in [9.17, 15) is 0 Å². The molecule has 1 unspecified atom stereocenters. The lowest BCUT2D eigenvalue weighted by Gasteiger charge is -2.30. The van der Waals surface area contributed by atoms with Crippen LogP contribution in [-0.4, -0.2) is 49.9 Å². The third-order valence-corrected chi connectivity index (χ3v) is 4.10. The van der Waals surface area contributed by atoms with Crippen LogP contribution in [0.4, 0.5) is 0 Å². The largest absolute Gasteiger partial charge is 0.492 e. The van der Waals surface area contributed by atoms with Gasteiger partial charge in [0.1, 0.15) is 12.4 Å². The molecule has 0 aromatic heterocycles. The number of hydrogen-bond donors (Lipinski definition) is 1. The maximum Gasteiger partial charge on any atom is 0.119 e. The lowest BCUT2D eigenvalue weighted by molar-refractivity contribution is -0.0214. The molecule has 1 aromatic rings. The van der Waals surface area contributed by atoms with E-state index in [4.69, 9.17) is 9.47 Å². The van der Waals surface area contributed by atoms with Crippen molar-refractivity contribution in [2.24, 2.45) is 0 Å². The second-order valence-electron chi connectivity index (χ2n) is 6.13. The first-order valence-corrected chi connectivity index (χ1v) is 8.09. The second kappa shape index (κ2) is 7.25. The molecule has 0 radical (unpaired) electrons. The average molecular weight is 290 g/mol. The molecule has 4 heteroatoms. The minimum atomic E-state index is 0.344. The molecule has 4 nitrogen and oxygen atoms in total. The zero-order valence-electron chi connectivity index (χ0n) is 12.9. The third kappa shape index (κ3) is 4.99. The quantitative estimate of drug-likeness (QED) is 0.833. The molecule has 2 fully saturated rings. The Bertz CT molecular complexity index is 431. The van der Waals surface area contributed by atoms with Gasteiger partial charge in [-0.2, -0.15) is 0 Å². The smallest absolute Gasteiger partial charge is 0.119 e. The molecule has 1 saturated carbocycles. The first-order valence-electron chi connectivity index (χ1n) is 8.09. The van der Waals surface area contributed by atoms with Gasteiger partial charge in [-0.3, -0.25) is 4.90 Å². The van der Waals surface area contributed by atoms with Crippen LogP contribution < -0.4 is 10.1 Å². The number of nitrogens with zero attached hydrogens (tertiary/aromatic N) is 1. The van der Waals surface area contributed by atoms with Crippen molar-refractivity contribution in [3.8, 4) is 5.75 Å². The molecule has 1 aliphatic carbocycles. The topological polar surface area (TPSA) is 33.7 Å². The molecule has 3 rings (SSSR count). The predicted octanol–water partition coefficient (Wildman–Crippen LogP) is 2.04. The van der Waals surface area contributed by atoms with Crippen molar-refractivity contribution in [1.29, 1.82) is 0 Å². The second-order valence-corrected chi connectivity index (χ2v) is 6.13. The fourth-order valence-corrected chi connectivity index (χ4v) is 2.64. The minimum Gasteiger partial charge on any atom is -0.492 e. The van der Waals surface area contributed by atoms with Gasteiger partial charge >= 0.3 is 0 Å². The van der Waals surface area contributed by atoms with Crippen LogP contribution in [0.3, 0.4) is 0 Å². The molecule has 1 heterocycles. The van der Waals surface area contributed by atoms with Crippen molar-refractivity contribution in [3.05, 3.63) is 29.8 Å². The highest BCUT2D eigenvalue weighted by molar-refractivity contribution is 5.27. The Balaban J connectivity index is 1.36. The number of benzene rings is 1. The fourth-order valence-electron chi connectivity index (χ4n) is 2.64. The normalized spacial score (nSPS) is 23.2. The molecule has 2 aliphatic rings. The lowest BCUT2D eigenvalue weighted by Crippen LogP contribution is -2.42. The van der Waals surface area contributed by atoms with Crippen LogP contribution in [0, 0.1) is 0 Å². The SMILES string of the molecule is CC1CN(CCOc2ccc(CNC3CC3)cc2)CCO1. The number of hydrogen-bond acceptors (Lipinski definition) is 4. The van der Waals surface area contributed by atoms with E-state index in [2.05, 4.69) is 41.4 Å². The predicted molar refractivity (Wildman–Crippen MR) is 83.7 cm³/mol. The van der Waals surface area contributed by atoms with Gasteiger partial charge in [0.05, 0.1) is 12.7 Å². The summed E-state index contributed by atoms with van der Waals surface area (Å²) >= 11 is 0. The van der Waals surface area contributed by atoms with E-state index in [1.54, 1.807) is 0 Å². The first kappa shape index (κ1) is 14.8. The molecule has 0 bridgehead atoms. The molecule has 1 N–H and O–H groups in total. The van der Waals surface area contributed by atoms with Crippen molar-refractivity contribution < 1.29 is 9.47 Å². The van der Waals surface area contributed by atoms with E-state index in [1.807, 2.05) is 0 Å². The van der Waals surface area contributed by atoms with E-state index in [0.29, 0.717) is 6.10 Å². The Labute approximate surface area is 127 Å². The van der Waals surface area contributed by atoms with E-state index in [-0.39, 0.29) is 0 Å². The average Bonchev–Trinajstić information content (AvgIpc) is 3.31. The van der Waals surface area contributed by atoms with Gasteiger partial charge in [-0.25, -0.2) is 0 Å². The van der Waals surface area contributed by atoms with Gasteiger partial charge in [0.2, 0.25) is 0 Å². The molecule has 1 aliphatic heterocycles. The van der Waals surface area contributed by atoms with Crippen molar-refractivity contribution in [3.63, 3.8) is 0 Å². The zero-order valence-corrected chi connectivity index (χ0v) is 12.9. The highest BCUT2D eigenvalue weighted by Gasteiger charge is 2.19. The van der Waals surface area contributed by atoms with E-state index < -0.39 is 0 Å². The summed E-state index contributed by atoms with van der Waals surface area (Å²) in [5, 5.41) is 3.52. The Hall–Kier alpha value is -1.10. The van der Waals surface area contributed by atoms with Crippen LogP contribution in [0.2, 0.25) is 0 Å². The van der Waals surface area contributed by atoms with Crippen LogP contribution in [0.1, 0.15) is 25.3 Å². The zero-order chi connectivity index (χ0) is 14.5. The van der Waals surface area contributed by atoms with Crippen molar-refractivity contribution in [1.82, 2.24) is 10.2 Å². The Morgan fingerprint density at radius 1 is 1.29 bits per heavy atom. The van der Waals surface area contributed by atoms with Crippen LogP contribution >= 0.6 is 0 Å². The number of rotatable bonds is 7. The van der Waals surface area contributed by atoms with E-state index >= 15 is 0 Å². The Morgan fingerprint density at radius 2 is 2.10 bits per heavy atom. The van der Waals surface area contributed by atoms with Gasteiger partial charge < -0.3 is 14.8 Å². The van der Waals surface area contributed by atoms with Crippen LogP contribution in [0.25, 0.3) is 0 Å². The summed E-state index contributed by atoms with van der Waals surface area (Å²) in [6, 6.07) is 9.22. The van der Waals surface area contributed by atoms with Gasteiger partial charge in [0.25, 0.3) is 0 Å². The number of nitrogens with one attached hydrogen (secondary N) is 1. The summed E-state index contributed by atoms with van der Waals surface area (Å²) in [5.41, 5.74) is 1.33. The molecule has 1 saturated heterocycles. The van der Waals surface area contributed by atoms with Gasteiger partial charge in [0, 0.05) is 32.2 Å². The van der Waals surface area contributed by atoms with E-state index in [1.165, 1.54) is 18.4 Å². The maximum atomic E-state index is 5.83. The van der Waals surface area contributed by atoms with Crippen LogP contribution in [0.15, 0.2) is 24.3 Å². The summed E-state index contributed by atoms with van der Waals surface area (Å²) in [5.74, 6) is 0.964. The van der Waals surface area contributed by atoms with Crippen LogP contribution in [0.5, 0.6) is 5.75 Å². The van der Waals surface area contributed by atoms with Crippen molar-refractivity contribution in [2.45, 2.75) is 38.5 Å². The molecule has 0 spiro atoms. The van der Waals surface area contributed by atoms with Gasteiger partial charge in [-0.15, -0.1) is 0 Å². The maximum absolute atomic E-state index is 5.83. The molecule has 116 valence electrons. The number of ether oxygens (including phenoxy) is 2. The van der Waals surface area contributed by atoms with Crippen LogP contribution in [-0.2, 0) is 11.3 Å². The Morgan fingerprint density at radius 3 is 2.81 bits per heavy atom. The minimum absolute atomic E-state index is 0.344. The summed E-state index contributed by atoms with van der Waals surface area (Å²) in [4.78, 5) is 2.40. The summed E-state index contributed by atoms with van der Waals surface area (Å²) < 4.78 is 11.4. The van der Waals surface area contributed by atoms with Crippen molar-refractivity contribution in [2.75, 3.05) is 32.8 Å². The molecular formula is C17H26N2O2. The third-order valence-electron chi connectivity index (χ3n) is 4.10. The lowest BCUT2D eigenvalue weighted by atomic mass is 10.2. The number of morpholine rings is 1. The van der Waals surface area contributed by atoms with Gasteiger partial charge in [-0.05, 0) is 37.5 Å². The summed E-state index contributed by atoms with van der Waals surface area (Å²) in [6.07, 6.45) is 3.01. The molecule has 21 heavy (non-hydrogen) atoms. The fraction of sp³-hybridized carbons (Fsp3) is 0.647. The highest BCUT2D eigenvalue weighted by Crippen LogP contribution is 2.20. The molecule has 0 amide bonds. The summed E-state index contributed by atoms with van der Waals surface area (Å²) in [7, 11) is 0. The molecule has 1 atom stereocenters. The molecule has 1 aromatic carbocycles. The van der Waals surface area contributed by atoms with E-state index in [0.717, 1.165) is 51.2 Å². The summed E-state index contributed by atoms with van der Waals surface area (Å²) in [6.45, 7) is 7.67. The first-order chi connectivity index (χ1) is 10.3.